The Kier molecular flexibility index (Phi) is 7.03. The molecule has 1 rings (SSSR count). The third-order valence-electron chi connectivity index (χ3n) is 2.16. The number of rotatable bonds is 4. The molecule has 1 aromatic carbocycles. The molecule has 0 N–H and O–H groups in total. The Bertz CT molecular complexity index is 294. The quantitative estimate of drug-likeness (QED) is 0.442. The zero-order valence-corrected chi connectivity index (χ0v) is 9.73. The molecule has 0 spiro atoms. The van der Waals surface area contributed by atoms with Crippen LogP contribution in [0.3, 0.4) is 0 Å². The molecule has 1 aromatic rings. The first kappa shape index (κ1) is 14.2. The maximum absolute atomic E-state index is 11.6. The van der Waals surface area contributed by atoms with E-state index in [0.29, 0.717) is 0 Å². The summed E-state index contributed by atoms with van der Waals surface area (Å²) < 4.78 is 0. The van der Waals surface area contributed by atoms with Gasteiger partial charge in [-0.05, 0) is 31.4 Å². The standard InChI is InChI=1S/C12H17NO.Li/c1-3-13(4-2)12(14)10-11-8-6-5-7-9-11;/h5-10,14H,3-4H2,1-2H3;/q;+1/p-1/b12-10+;. The van der Waals surface area contributed by atoms with Crippen LogP contribution < -0.4 is 24.0 Å². The minimum Gasteiger partial charge on any atom is -0.860 e. The van der Waals surface area contributed by atoms with Crippen molar-refractivity contribution in [1.82, 2.24) is 4.90 Å². The van der Waals surface area contributed by atoms with E-state index < -0.39 is 0 Å². The second-order valence-electron chi connectivity index (χ2n) is 3.07. The predicted molar refractivity (Wildman–Crippen MR) is 57.3 cm³/mol. The average molecular weight is 197 g/mol. The average Bonchev–Trinajstić information content (AvgIpc) is 2.21. The van der Waals surface area contributed by atoms with E-state index >= 15 is 0 Å². The minimum atomic E-state index is 0. The number of benzene rings is 1. The Balaban J connectivity index is 0.00000196. The van der Waals surface area contributed by atoms with Crippen molar-refractivity contribution < 1.29 is 24.0 Å². The van der Waals surface area contributed by atoms with Crippen LogP contribution in [0.5, 0.6) is 0 Å². The summed E-state index contributed by atoms with van der Waals surface area (Å²) in [6, 6.07) is 9.67. The maximum Gasteiger partial charge on any atom is 1.00 e. The van der Waals surface area contributed by atoms with Gasteiger partial charge in [0.05, 0.1) is 0 Å². The first-order valence-electron chi connectivity index (χ1n) is 4.96. The molecule has 0 aliphatic rings. The van der Waals surface area contributed by atoms with Gasteiger partial charge in [0.2, 0.25) is 0 Å². The van der Waals surface area contributed by atoms with Crippen molar-refractivity contribution >= 4 is 6.08 Å². The molecule has 0 aromatic heterocycles. The van der Waals surface area contributed by atoms with Gasteiger partial charge in [-0.25, -0.2) is 0 Å². The fourth-order valence-corrected chi connectivity index (χ4v) is 1.32. The van der Waals surface area contributed by atoms with Gasteiger partial charge in [0.25, 0.3) is 0 Å². The van der Waals surface area contributed by atoms with E-state index in [1.54, 1.807) is 11.0 Å². The van der Waals surface area contributed by atoms with Crippen molar-refractivity contribution in [3.63, 3.8) is 0 Å². The van der Waals surface area contributed by atoms with Crippen molar-refractivity contribution in [2.45, 2.75) is 13.8 Å². The summed E-state index contributed by atoms with van der Waals surface area (Å²) in [6.45, 7) is 5.50. The van der Waals surface area contributed by atoms with Gasteiger partial charge in [-0.1, -0.05) is 30.3 Å². The van der Waals surface area contributed by atoms with Crippen molar-refractivity contribution in [1.29, 1.82) is 0 Å². The molecule has 0 heterocycles. The SMILES string of the molecule is CCN(CC)/C([O-])=C\c1ccccc1.[Li+]. The number of nitrogens with zero attached hydrogens (tertiary/aromatic N) is 1. The number of hydrogen-bond donors (Lipinski definition) is 0. The monoisotopic (exact) mass is 197 g/mol. The molecule has 3 heteroatoms. The summed E-state index contributed by atoms with van der Waals surface area (Å²) in [5, 5.41) is 11.6. The summed E-state index contributed by atoms with van der Waals surface area (Å²) >= 11 is 0. The Labute approximate surface area is 104 Å². The van der Waals surface area contributed by atoms with E-state index in [1.165, 1.54) is 0 Å². The number of hydrogen-bond acceptors (Lipinski definition) is 2. The molecule has 0 aliphatic heterocycles. The summed E-state index contributed by atoms with van der Waals surface area (Å²) in [6.07, 6.45) is 1.67. The van der Waals surface area contributed by atoms with Crippen molar-refractivity contribution in [2.24, 2.45) is 0 Å². The van der Waals surface area contributed by atoms with Crippen LogP contribution in [0.15, 0.2) is 36.2 Å². The molecule has 0 fully saturated rings. The second kappa shape index (κ2) is 7.45. The van der Waals surface area contributed by atoms with E-state index in [2.05, 4.69) is 0 Å². The van der Waals surface area contributed by atoms with Crippen LogP contribution in [-0.2, 0) is 0 Å². The van der Waals surface area contributed by atoms with Crippen molar-refractivity contribution in [3.05, 3.63) is 41.8 Å². The molecular formula is C12H16LiNO. The summed E-state index contributed by atoms with van der Waals surface area (Å²) in [7, 11) is 0. The van der Waals surface area contributed by atoms with Gasteiger partial charge in [-0.3, -0.25) is 0 Å². The topological polar surface area (TPSA) is 26.3 Å². The zero-order valence-electron chi connectivity index (χ0n) is 9.73. The predicted octanol–water partition coefficient (Wildman–Crippen LogP) is -1.31. The molecule has 0 radical (unpaired) electrons. The van der Waals surface area contributed by atoms with Crippen molar-refractivity contribution in [3.8, 4) is 0 Å². The van der Waals surface area contributed by atoms with Gasteiger partial charge < -0.3 is 10.0 Å². The third-order valence-corrected chi connectivity index (χ3v) is 2.16. The molecule has 15 heavy (non-hydrogen) atoms. The Hall–Kier alpha value is -0.843. The summed E-state index contributed by atoms with van der Waals surface area (Å²) in [5.74, 6) is 0.0844. The molecule has 0 saturated carbocycles. The first-order valence-corrected chi connectivity index (χ1v) is 4.96. The Morgan fingerprint density at radius 1 is 1.20 bits per heavy atom. The molecule has 0 unspecified atom stereocenters. The Morgan fingerprint density at radius 3 is 2.20 bits per heavy atom. The fraction of sp³-hybridized carbons (Fsp3) is 0.333. The van der Waals surface area contributed by atoms with E-state index in [4.69, 9.17) is 0 Å². The first-order chi connectivity index (χ1) is 6.77. The van der Waals surface area contributed by atoms with Gasteiger partial charge in [0.1, 0.15) is 0 Å². The van der Waals surface area contributed by atoms with E-state index in [9.17, 15) is 5.11 Å². The smallest absolute Gasteiger partial charge is 0.860 e. The largest absolute Gasteiger partial charge is 1.00 e. The van der Waals surface area contributed by atoms with E-state index in [0.717, 1.165) is 18.7 Å². The maximum atomic E-state index is 11.6. The molecule has 0 atom stereocenters. The van der Waals surface area contributed by atoms with Gasteiger partial charge in [-0.2, -0.15) is 0 Å². The zero-order chi connectivity index (χ0) is 10.4. The van der Waals surface area contributed by atoms with E-state index in [-0.39, 0.29) is 24.7 Å². The normalized spacial score (nSPS) is 10.7. The van der Waals surface area contributed by atoms with Crippen LogP contribution in [0, 0.1) is 0 Å². The fourth-order valence-electron chi connectivity index (χ4n) is 1.32. The van der Waals surface area contributed by atoms with E-state index in [1.807, 2.05) is 44.2 Å². The van der Waals surface area contributed by atoms with Crippen molar-refractivity contribution in [2.75, 3.05) is 13.1 Å². The Morgan fingerprint density at radius 2 is 1.73 bits per heavy atom. The minimum absolute atomic E-state index is 0. The van der Waals surface area contributed by atoms with Crippen LogP contribution in [0.1, 0.15) is 19.4 Å². The molecule has 0 aliphatic carbocycles. The molecule has 76 valence electrons. The molecule has 0 amide bonds. The van der Waals surface area contributed by atoms with Crippen LogP contribution >= 0.6 is 0 Å². The molecule has 0 saturated heterocycles. The molecule has 0 bridgehead atoms. The van der Waals surface area contributed by atoms with Gasteiger partial charge in [0.15, 0.2) is 0 Å². The van der Waals surface area contributed by atoms with Crippen LogP contribution in [0.25, 0.3) is 6.08 Å². The van der Waals surface area contributed by atoms with Crippen LogP contribution in [0.4, 0.5) is 0 Å². The van der Waals surface area contributed by atoms with Gasteiger partial charge in [0, 0.05) is 13.1 Å². The van der Waals surface area contributed by atoms with Crippen LogP contribution in [-0.4, -0.2) is 18.0 Å². The van der Waals surface area contributed by atoms with Gasteiger partial charge in [-0.15, -0.1) is 0 Å². The summed E-state index contributed by atoms with van der Waals surface area (Å²) in [5.41, 5.74) is 0.962. The molecule has 2 nitrogen and oxygen atoms in total. The van der Waals surface area contributed by atoms with Crippen LogP contribution in [0.2, 0.25) is 0 Å². The summed E-state index contributed by atoms with van der Waals surface area (Å²) in [4.78, 5) is 1.80. The second-order valence-corrected chi connectivity index (χ2v) is 3.07. The third kappa shape index (κ3) is 4.46. The molecular weight excluding hydrogens is 181 g/mol. The van der Waals surface area contributed by atoms with Gasteiger partial charge >= 0.3 is 18.9 Å².